The van der Waals surface area contributed by atoms with Gasteiger partial charge in [-0.15, -0.1) is 0 Å². The third-order valence-corrected chi connectivity index (χ3v) is 2.80. The van der Waals surface area contributed by atoms with Crippen LogP contribution >= 0.6 is 0 Å². The number of fused-ring (bicyclic) bond motifs is 1. The zero-order chi connectivity index (χ0) is 8.84. The lowest BCUT2D eigenvalue weighted by atomic mass is 10.1. The SMILES string of the molecule is OC1CCCn2nc(C3CC3)nc21. The van der Waals surface area contributed by atoms with E-state index >= 15 is 0 Å². The first-order valence-electron chi connectivity index (χ1n) is 4.97. The first-order chi connectivity index (χ1) is 6.34. The molecule has 1 fully saturated rings. The van der Waals surface area contributed by atoms with Crippen LogP contribution in [0.25, 0.3) is 0 Å². The van der Waals surface area contributed by atoms with Crippen LogP contribution in [0, 0.1) is 0 Å². The molecule has 0 spiro atoms. The number of nitrogens with zero attached hydrogens (tertiary/aromatic N) is 3. The van der Waals surface area contributed by atoms with Crippen molar-refractivity contribution in [1.29, 1.82) is 0 Å². The number of aromatic nitrogens is 3. The molecule has 2 heterocycles. The van der Waals surface area contributed by atoms with E-state index in [2.05, 4.69) is 10.1 Å². The van der Waals surface area contributed by atoms with Crippen LogP contribution in [0.2, 0.25) is 0 Å². The molecule has 4 heteroatoms. The number of rotatable bonds is 1. The Kier molecular flexibility index (Phi) is 1.47. The Hall–Kier alpha value is -0.900. The summed E-state index contributed by atoms with van der Waals surface area (Å²) in [5.74, 6) is 2.33. The van der Waals surface area contributed by atoms with Gasteiger partial charge in [0, 0.05) is 12.5 Å². The van der Waals surface area contributed by atoms with Gasteiger partial charge in [0.05, 0.1) is 0 Å². The maximum atomic E-state index is 9.65. The highest BCUT2D eigenvalue weighted by molar-refractivity contribution is 5.08. The zero-order valence-corrected chi connectivity index (χ0v) is 7.48. The fraction of sp³-hybridized carbons (Fsp3) is 0.778. The van der Waals surface area contributed by atoms with E-state index in [1.165, 1.54) is 12.8 Å². The molecule has 0 amide bonds. The van der Waals surface area contributed by atoms with Crippen LogP contribution < -0.4 is 0 Å². The summed E-state index contributed by atoms with van der Waals surface area (Å²) in [7, 11) is 0. The van der Waals surface area contributed by atoms with Gasteiger partial charge in [-0.2, -0.15) is 5.10 Å². The second kappa shape index (κ2) is 2.54. The summed E-state index contributed by atoms with van der Waals surface area (Å²) in [5, 5.41) is 14.1. The summed E-state index contributed by atoms with van der Waals surface area (Å²) in [6.07, 6.45) is 3.91. The van der Waals surface area contributed by atoms with E-state index in [0.717, 1.165) is 31.0 Å². The summed E-state index contributed by atoms with van der Waals surface area (Å²) < 4.78 is 1.88. The summed E-state index contributed by atoms with van der Waals surface area (Å²) in [6, 6.07) is 0. The van der Waals surface area contributed by atoms with E-state index in [9.17, 15) is 5.11 Å². The third-order valence-electron chi connectivity index (χ3n) is 2.80. The van der Waals surface area contributed by atoms with Gasteiger partial charge < -0.3 is 5.11 Å². The molecule has 1 aromatic rings. The lowest BCUT2D eigenvalue weighted by molar-refractivity contribution is 0.130. The predicted molar refractivity (Wildman–Crippen MR) is 46.2 cm³/mol. The highest BCUT2D eigenvalue weighted by Crippen LogP contribution is 2.39. The Labute approximate surface area is 76.6 Å². The lowest BCUT2D eigenvalue weighted by Gasteiger charge is -2.16. The molecular formula is C9H13N3O. The van der Waals surface area contributed by atoms with Gasteiger partial charge in [-0.25, -0.2) is 9.67 Å². The van der Waals surface area contributed by atoms with Gasteiger partial charge in [-0.05, 0) is 25.7 Å². The summed E-state index contributed by atoms with van der Waals surface area (Å²) in [5.41, 5.74) is 0. The zero-order valence-electron chi connectivity index (χ0n) is 7.48. The number of aryl methyl sites for hydroxylation is 1. The highest BCUT2D eigenvalue weighted by atomic mass is 16.3. The van der Waals surface area contributed by atoms with Gasteiger partial charge in [-0.3, -0.25) is 0 Å². The van der Waals surface area contributed by atoms with Crippen molar-refractivity contribution in [1.82, 2.24) is 14.8 Å². The van der Waals surface area contributed by atoms with E-state index < -0.39 is 0 Å². The second-order valence-corrected chi connectivity index (χ2v) is 3.98. The standard InChI is InChI=1S/C9H13N3O/c13-7-2-1-5-12-9(7)10-8(11-12)6-3-4-6/h6-7,13H,1-5H2. The van der Waals surface area contributed by atoms with Crippen molar-refractivity contribution in [3.63, 3.8) is 0 Å². The molecule has 3 rings (SSSR count). The molecule has 0 radical (unpaired) electrons. The van der Waals surface area contributed by atoms with Gasteiger partial charge >= 0.3 is 0 Å². The van der Waals surface area contributed by atoms with E-state index in [4.69, 9.17) is 0 Å². The molecule has 0 bridgehead atoms. The number of hydrogen-bond acceptors (Lipinski definition) is 3. The van der Waals surface area contributed by atoms with Crippen molar-refractivity contribution < 1.29 is 5.11 Å². The van der Waals surface area contributed by atoms with Gasteiger partial charge in [0.2, 0.25) is 0 Å². The molecule has 13 heavy (non-hydrogen) atoms. The summed E-state index contributed by atoms with van der Waals surface area (Å²) in [4.78, 5) is 4.40. The molecule has 1 N–H and O–H groups in total. The third kappa shape index (κ3) is 1.16. The Morgan fingerprint density at radius 3 is 2.85 bits per heavy atom. The van der Waals surface area contributed by atoms with Crippen molar-refractivity contribution in [2.45, 2.75) is 44.2 Å². The summed E-state index contributed by atoms with van der Waals surface area (Å²) >= 11 is 0. The smallest absolute Gasteiger partial charge is 0.156 e. The van der Waals surface area contributed by atoms with E-state index in [-0.39, 0.29) is 6.10 Å². The predicted octanol–water partition coefficient (Wildman–Crippen LogP) is 0.983. The maximum absolute atomic E-state index is 9.65. The Morgan fingerprint density at radius 2 is 2.15 bits per heavy atom. The van der Waals surface area contributed by atoms with Crippen LogP contribution in [-0.4, -0.2) is 19.9 Å². The fourth-order valence-electron chi connectivity index (χ4n) is 1.86. The van der Waals surface area contributed by atoms with Gasteiger partial charge in [-0.1, -0.05) is 0 Å². The normalized spacial score (nSPS) is 27.3. The molecule has 4 nitrogen and oxygen atoms in total. The average molecular weight is 179 g/mol. The minimum atomic E-state index is -0.381. The van der Waals surface area contributed by atoms with Crippen molar-refractivity contribution >= 4 is 0 Å². The van der Waals surface area contributed by atoms with Crippen LogP contribution in [0.4, 0.5) is 0 Å². The molecule has 0 aromatic carbocycles. The van der Waals surface area contributed by atoms with Crippen LogP contribution in [-0.2, 0) is 6.54 Å². The lowest BCUT2D eigenvalue weighted by Crippen LogP contribution is -2.16. The first-order valence-corrected chi connectivity index (χ1v) is 4.97. The number of hydrogen-bond donors (Lipinski definition) is 1. The summed E-state index contributed by atoms with van der Waals surface area (Å²) in [6.45, 7) is 0.923. The van der Waals surface area contributed by atoms with Crippen LogP contribution in [0.3, 0.4) is 0 Å². The minimum absolute atomic E-state index is 0.381. The Balaban J connectivity index is 1.99. The molecular weight excluding hydrogens is 166 g/mol. The molecule has 2 aliphatic rings. The first kappa shape index (κ1) is 7.50. The highest BCUT2D eigenvalue weighted by Gasteiger charge is 2.31. The Morgan fingerprint density at radius 1 is 1.31 bits per heavy atom. The monoisotopic (exact) mass is 179 g/mol. The largest absolute Gasteiger partial charge is 0.385 e. The minimum Gasteiger partial charge on any atom is -0.385 e. The van der Waals surface area contributed by atoms with Crippen molar-refractivity contribution in [3.05, 3.63) is 11.6 Å². The van der Waals surface area contributed by atoms with Crippen molar-refractivity contribution in [2.24, 2.45) is 0 Å². The van der Waals surface area contributed by atoms with Crippen molar-refractivity contribution in [3.8, 4) is 0 Å². The van der Waals surface area contributed by atoms with E-state index in [0.29, 0.717) is 5.92 Å². The molecule has 1 saturated carbocycles. The molecule has 1 aliphatic heterocycles. The van der Waals surface area contributed by atoms with E-state index in [1.54, 1.807) is 0 Å². The van der Waals surface area contributed by atoms with Gasteiger partial charge in [0.15, 0.2) is 11.6 Å². The molecule has 1 unspecified atom stereocenters. The molecule has 1 atom stereocenters. The number of aliphatic hydroxyl groups is 1. The van der Waals surface area contributed by atoms with Gasteiger partial charge in [0.1, 0.15) is 6.10 Å². The number of aliphatic hydroxyl groups excluding tert-OH is 1. The van der Waals surface area contributed by atoms with Crippen LogP contribution in [0.5, 0.6) is 0 Å². The topological polar surface area (TPSA) is 50.9 Å². The van der Waals surface area contributed by atoms with Crippen molar-refractivity contribution in [2.75, 3.05) is 0 Å². The fourth-order valence-corrected chi connectivity index (χ4v) is 1.86. The quantitative estimate of drug-likeness (QED) is 0.699. The molecule has 0 saturated heterocycles. The Bertz CT molecular complexity index is 330. The van der Waals surface area contributed by atoms with Crippen LogP contribution in [0.15, 0.2) is 0 Å². The molecule has 1 aromatic heterocycles. The molecule has 70 valence electrons. The van der Waals surface area contributed by atoms with E-state index in [1.807, 2.05) is 4.68 Å². The molecule has 1 aliphatic carbocycles. The average Bonchev–Trinajstić information content (AvgIpc) is 2.87. The maximum Gasteiger partial charge on any atom is 0.156 e. The van der Waals surface area contributed by atoms with Gasteiger partial charge in [0.25, 0.3) is 0 Å². The second-order valence-electron chi connectivity index (χ2n) is 3.98. The van der Waals surface area contributed by atoms with Crippen LogP contribution in [0.1, 0.15) is 49.4 Å².